The molecule has 120 valence electrons. The molecule has 0 aliphatic rings. The van der Waals surface area contributed by atoms with Crippen LogP contribution in [0.1, 0.15) is 11.6 Å². The summed E-state index contributed by atoms with van der Waals surface area (Å²) in [6, 6.07) is 0.747. The maximum atomic E-state index is 13.9. The van der Waals surface area contributed by atoms with E-state index in [1.807, 2.05) is 5.32 Å². The monoisotopic (exact) mass is 319 g/mol. The van der Waals surface area contributed by atoms with Crippen LogP contribution in [0.3, 0.4) is 0 Å². The van der Waals surface area contributed by atoms with Gasteiger partial charge in [0.2, 0.25) is 0 Å². The average Bonchev–Trinajstić information content (AvgIpc) is 2.33. The molecule has 21 heavy (non-hydrogen) atoms. The van der Waals surface area contributed by atoms with Gasteiger partial charge in [0.25, 0.3) is 0 Å². The summed E-state index contributed by atoms with van der Waals surface area (Å²) in [6.45, 7) is 0. The van der Waals surface area contributed by atoms with Crippen LogP contribution in [0, 0.1) is 11.7 Å². The maximum absolute atomic E-state index is 13.9. The van der Waals surface area contributed by atoms with Gasteiger partial charge in [0.05, 0.1) is 13.2 Å². The summed E-state index contributed by atoms with van der Waals surface area (Å²) < 4.78 is 94.9. The topological polar surface area (TPSA) is 21.3 Å². The van der Waals surface area contributed by atoms with Crippen molar-refractivity contribution in [2.45, 2.75) is 18.4 Å². The van der Waals surface area contributed by atoms with Crippen LogP contribution >= 0.6 is 0 Å². The van der Waals surface area contributed by atoms with Crippen molar-refractivity contribution in [1.82, 2.24) is 5.32 Å². The highest BCUT2D eigenvalue weighted by Crippen LogP contribution is 2.47. The molecule has 0 spiro atoms. The lowest BCUT2D eigenvalue weighted by Gasteiger charge is -2.31. The SMILES string of the molecule is CNC(c1cccc(OC)c1F)C(C(F)(F)F)C(F)(F)F. The standard InChI is InChI=1S/C12H12F7NO/c1-20-9(10(11(14,15)16)12(17,18)19)6-4-3-5-7(21-2)8(6)13/h3-5,9-10,20H,1-2H3. The molecule has 0 heterocycles. The highest BCUT2D eigenvalue weighted by Gasteiger charge is 2.60. The van der Waals surface area contributed by atoms with E-state index in [4.69, 9.17) is 0 Å². The molecule has 1 aromatic carbocycles. The van der Waals surface area contributed by atoms with Crippen molar-refractivity contribution >= 4 is 0 Å². The van der Waals surface area contributed by atoms with Gasteiger partial charge in [0.15, 0.2) is 17.5 Å². The molecule has 0 saturated carbocycles. The number of ether oxygens (including phenoxy) is 1. The predicted octanol–water partition coefficient (Wildman–Crippen LogP) is 3.84. The Kier molecular flexibility index (Phi) is 5.08. The van der Waals surface area contributed by atoms with E-state index >= 15 is 0 Å². The summed E-state index contributed by atoms with van der Waals surface area (Å²) >= 11 is 0. The van der Waals surface area contributed by atoms with Crippen molar-refractivity contribution < 1.29 is 35.5 Å². The molecule has 0 aromatic heterocycles. The highest BCUT2D eigenvalue weighted by atomic mass is 19.4. The van der Waals surface area contributed by atoms with E-state index in [0.717, 1.165) is 32.4 Å². The van der Waals surface area contributed by atoms with Gasteiger partial charge in [-0.25, -0.2) is 4.39 Å². The fourth-order valence-electron chi connectivity index (χ4n) is 1.99. The minimum atomic E-state index is -5.58. The van der Waals surface area contributed by atoms with Crippen LogP contribution in [-0.4, -0.2) is 26.5 Å². The van der Waals surface area contributed by atoms with Crippen molar-refractivity contribution in [3.8, 4) is 5.75 Å². The number of halogens is 7. The summed E-state index contributed by atoms with van der Waals surface area (Å²) in [5.41, 5.74) is -0.767. The third-order valence-electron chi connectivity index (χ3n) is 2.90. The molecule has 1 rings (SSSR count). The number of rotatable bonds is 4. The van der Waals surface area contributed by atoms with E-state index in [2.05, 4.69) is 4.74 Å². The Morgan fingerprint density at radius 1 is 1.05 bits per heavy atom. The van der Waals surface area contributed by atoms with Crippen molar-refractivity contribution in [2.24, 2.45) is 5.92 Å². The second-order valence-corrected chi connectivity index (χ2v) is 4.19. The molecule has 0 aliphatic heterocycles. The van der Waals surface area contributed by atoms with E-state index in [0.29, 0.717) is 0 Å². The molecule has 1 aromatic rings. The number of hydrogen-bond acceptors (Lipinski definition) is 2. The summed E-state index contributed by atoms with van der Waals surface area (Å²) in [4.78, 5) is 0. The van der Waals surface area contributed by atoms with Crippen LogP contribution < -0.4 is 10.1 Å². The zero-order valence-electron chi connectivity index (χ0n) is 10.9. The number of methoxy groups -OCH3 is 1. The zero-order chi connectivity index (χ0) is 16.4. The quantitative estimate of drug-likeness (QED) is 0.852. The molecule has 0 fully saturated rings. The summed E-state index contributed by atoms with van der Waals surface area (Å²) in [5.74, 6) is -5.44. The Morgan fingerprint density at radius 2 is 1.57 bits per heavy atom. The van der Waals surface area contributed by atoms with Gasteiger partial charge >= 0.3 is 12.4 Å². The summed E-state index contributed by atoms with van der Waals surface area (Å²) in [7, 11) is 1.95. The molecule has 1 unspecified atom stereocenters. The van der Waals surface area contributed by atoms with Gasteiger partial charge in [0, 0.05) is 5.56 Å². The fraction of sp³-hybridized carbons (Fsp3) is 0.500. The molecular weight excluding hydrogens is 307 g/mol. The molecule has 0 aliphatic carbocycles. The van der Waals surface area contributed by atoms with Crippen molar-refractivity contribution in [1.29, 1.82) is 0 Å². The van der Waals surface area contributed by atoms with Gasteiger partial charge in [-0.15, -0.1) is 0 Å². The van der Waals surface area contributed by atoms with E-state index in [1.54, 1.807) is 0 Å². The van der Waals surface area contributed by atoms with Crippen LogP contribution in [0.15, 0.2) is 18.2 Å². The van der Waals surface area contributed by atoms with Gasteiger partial charge in [-0.05, 0) is 13.1 Å². The lowest BCUT2D eigenvalue weighted by molar-refractivity contribution is -0.292. The minimum absolute atomic E-state index is 0.434. The van der Waals surface area contributed by atoms with Gasteiger partial charge < -0.3 is 10.1 Å². The fourth-order valence-corrected chi connectivity index (χ4v) is 1.99. The van der Waals surface area contributed by atoms with Crippen LogP contribution in [0.25, 0.3) is 0 Å². The molecule has 0 bridgehead atoms. The van der Waals surface area contributed by atoms with Gasteiger partial charge in [-0.1, -0.05) is 12.1 Å². The Bertz CT molecular complexity index is 469. The van der Waals surface area contributed by atoms with E-state index in [1.165, 1.54) is 0 Å². The molecule has 9 heteroatoms. The molecule has 1 atom stereocenters. The second-order valence-electron chi connectivity index (χ2n) is 4.19. The van der Waals surface area contributed by atoms with Crippen LogP contribution in [-0.2, 0) is 0 Å². The van der Waals surface area contributed by atoms with Crippen molar-refractivity contribution in [3.05, 3.63) is 29.6 Å². The van der Waals surface area contributed by atoms with Gasteiger partial charge in [-0.3, -0.25) is 0 Å². The first-order valence-electron chi connectivity index (χ1n) is 5.67. The van der Waals surface area contributed by atoms with Gasteiger partial charge in [-0.2, -0.15) is 26.3 Å². The second kappa shape index (κ2) is 6.08. The first-order chi connectivity index (χ1) is 9.54. The maximum Gasteiger partial charge on any atom is 0.402 e. The highest BCUT2D eigenvalue weighted by molar-refractivity contribution is 5.33. The molecule has 2 nitrogen and oxygen atoms in total. The number of hydrogen-bond donors (Lipinski definition) is 1. The third kappa shape index (κ3) is 3.78. The van der Waals surface area contributed by atoms with Gasteiger partial charge in [0.1, 0.15) is 0 Å². The Morgan fingerprint density at radius 3 is 1.95 bits per heavy atom. The van der Waals surface area contributed by atoms with E-state index < -0.39 is 41.4 Å². The molecule has 0 amide bonds. The number of nitrogens with one attached hydrogen (secondary N) is 1. The molecule has 0 radical (unpaired) electrons. The molecular formula is C12H12F7NO. The lowest BCUT2D eigenvalue weighted by atomic mass is 9.91. The van der Waals surface area contributed by atoms with E-state index in [-0.39, 0.29) is 0 Å². The predicted molar refractivity (Wildman–Crippen MR) is 60.4 cm³/mol. The largest absolute Gasteiger partial charge is 0.494 e. The first-order valence-corrected chi connectivity index (χ1v) is 5.67. The zero-order valence-corrected chi connectivity index (χ0v) is 10.9. The number of benzene rings is 1. The minimum Gasteiger partial charge on any atom is -0.494 e. The summed E-state index contributed by atoms with van der Waals surface area (Å²) in [5, 5.41) is 1.89. The van der Waals surface area contributed by atoms with Crippen molar-refractivity contribution in [2.75, 3.05) is 14.2 Å². The van der Waals surface area contributed by atoms with Crippen molar-refractivity contribution in [3.63, 3.8) is 0 Å². The van der Waals surface area contributed by atoms with Crippen LogP contribution in [0.5, 0.6) is 5.75 Å². The Labute approximate surface area is 115 Å². The smallest absolute Gasteiger partial charge is 0.402 e. The third-order valence-corrected chi connectivity index (χ3v) is 2.90. The van der Waals surface area contributed by atoms with Crippen LogP contribution in [0.2, 0.25) is 0 Å². The normalized spacial score (nSPS) is 14.4. The first kappa shape index (κ1) is 17.5. The average molecular weight is 319 g/mol. The van der Waals surface area contributed by atoms with Crippen LogP contribution in [0.4, 0.5) is 30.7 Å². The molecule has 1 N–H and O–H groups in total. The summed E-state index contributed by atoms with van der Waals surface area (Å²) in [6.07, 6.45) is -11.2. The van der Waals surface area contributed by atoms with E-state index in [9.17, 15) is 30.7 Å². The lowest BCUT2D eigenvalue weighted by Crippen LogP contribution is -2.45. The number of alkyl halides is 6. The Hall–Kier alpha value is -1.51. The molecule has 0 saturated heterocycles. The Balaban J connectivity index is 3.41.